The number of anilines is 1. The van der Waals surface area contributed by atoms with Gasteiger partial charge in [-0.2, -0.15) is 18.4 Å². The summed E-state index contributed by atoms with van der Waals surface area (Å²) >= 11 is 0. The molecule has 2 rings (SSSR count). The molecule has 3 nitrogen and oxygen atoms in total. The highest BCUT2D eigenvalue weighted by molar-refractivity contribution is 5.55. The highest BCUT2D eigenvalue weighted by Crippen LogP contribution is 2.34. The minimum atomic E-state index is -4.49. The first-order valence-corrected chi connectivity index (χ1v) is 6.35. The van der Waals surface area contributed by atoms with E-state index >= 15 is 0 Å². The summed E-state index contributed by atoms with van der Waals surface area (Å²) in [6.07, 6.45) is -2.62. The third-order valence-corrected chi connectivity index (χ3v) is 3.57. The molecule has 1 aromatic rings. The number of nitrogens with zero attached hydrogens (tertiary/aromatic N) is 2. The lowest BCUT2D eigenvalue weighted by Crippen LogP contribution is -2.36. The SMILES string of the molecule is COC1CCN(c2ccc(C(F)(F)F)c(C#N)c2)CC1. The zero-order valence-electron chi connectivity index (χ0n) is 11.1. The van der Waals surface area contributed by atoms with Crippen molar-refractivity contribution in [2.75, 3.05) is 25.1 Å². The number of hydrogen-bond donors (Lipinski definition) is 0. The Balaban J connectivity index is 2.21. The number of rotatable bonds is 2. The molecule has 1 aliphatic rings. The van der Waals surface area contributed by atoms with Gasteiger partial charge < -0.3 is 9.64 Å². The average Bonchev–Trinajstić information content (AvgIpc) is 2.45. The fraction of sp³-hybridized carbons (Fsp3) is 0.500. The summed E-state index contributed by atoms with van der Waals surface area (Å²) in [5.74, 6) is 0. The molecule has 1 aromatic carbocycles. The first-order valence-electron chi connectivity index (χ1n) is 6.35. The Morgan fingerprint density at radius 3 is 2.45 bits per heavy atom. The van der Waals surface area contributed by atoms with Gasteiger partial charge in [-0.1, -0.05) is 0 Å². The molecule has 20 heavy (non-hydrogen) atoms. The standard InChI is InChI=1S/C14H15F3N2O/c1-20-12-4-6-19(7-5-12)11-2-3-13(14(15,16)17)10(8-11)9-18/h2-3,8,12H,4-7H2,1H3. The molecule has 0 N–H and O–H groups in total. The number of hydrogen-bond acceptors (Lipinski definition) is 3. The van der Waals surface area contributed by atoms with E-state index in [0.717, 1.165) is 32.0 Å². The van der Waals surface area contributed by atoms with Crippen molar-refractivity contribution in [3.63, 3.8) is 0 Å². The Hall–Kier alpha value is -1.74. The second-order valence-electron chi connectivity index (χ2n) is 4.76. The first kappa shape index (κ1) is 14.7. The van der Waals surface area contributed by atoms with Gasteiger partial charge in [0.15, 0.2) is 0 Å². The van der Waals surface area contributed by atoms with Gasteiger partial charge in [-0.25, -0.2) is 0 Å². The normalized spacial score (nSPS) is 17.1. The zero-order chi connectivity index (χ0) is 14.8. The monoisotopic (exact) mass is 284 g/mol. The first-order chi connectivity index (χ1) is 9.45. The molecule has 0 radical (unpaired) electrons. The van der Waals surface area contributed by atoms with Gasteiger partial charge in [0.25, 0.3) is 0 Å². The Kier molecular flexibility index (Phi) is 4.19. The van der Waals surface area contributed by atoms with Crippen molar-refractivity contribution in [2.24, 2.45) is 0 Å². The average molecular weight is 284 g/mol. The topological polar surface area (TPSA) is 36.3 Å². The van der Waals surface area contributed by atoms with Crippen LogP contribution in [0, 0.1) is 11.3 Å². The van der Waals surface area contributed by atoms with E-state index < -0.39 is 11.7 Å². The number of methoxy groups -OCH3 is 1. The molecule has 6 heteroatoms. The molecular weight excluding hydrogens is 269 g/mol. The van der Waals surface area contributed by atoms with E-state index in [9.17, 15) is 13.2 Å². The summed E-state index contributed by atoms with van der Waals surface area (Å²) in [5.41, 5.74) is -0.552. The molecule has 0 unspecified atom stereocenters. The summed E-state index contributed by atoms with van der Waals surface area (Å²) in [5, 5.41) is 8.90. The molecule has 0 spiro atoms. The number of halogens is 3. The second kappa shape index (κ2) is 5.71. The lowest BCUT2D eigenvalue weighted by atomic mass is 10.0. The van der Waals surface area contributed by atoms with Crippen molar-refractivity contribution >= 4 is 5.69 Å². The highest BCUT2D eigenvalue weighted by Gasteiger charge is 2.34. The zero-order valence-corrected chi connectivity index (χ0v) is 11.1. The Morgan fingerprint density at radius 1 is 1.30 bits per heavy atom. The molecule has 1 heterocycles. The number of nitriles is 1. The van der Waals surface area contributed by atoms with Gasteiger partial charge >= 0.3 is 6.18 Å². The molecule has 108 valence electrons. The van der Waals surface area contributed by atoms with Gasteiger partial charge in [0.05, 0.1) is 23.3 Å². The van der Waals surface area contributed by atoms with E-state index in [1.807, 2.05) is 4.90 Å². The summed E-state index contributed by atoms with van der Waals surface area (Å²) in [4.78, 5) is 1.98. The van der Waals surface area contributed by atoms with E-state index in [-0.39, 0.29) is 11.7 Å². The van der Waals surface area contributed by atoms with Crippen LogP contribution in [0.5, 0.6) is 0 Å². The minimum Gasteiger partial charge on any atom is -0.381 e. The summed E-state index contributed by atoms with van der Waals surface area (Å²) in [6, 6.07) is 5.36. The molecule has 1 saturated heterocycles. The van der Waals surface area contributed by atoms with E-state index in [1.165, 1.54) is 12.1 Å². The maximum atomic E-state index is 12.7. The summed E-state index contributed by atoms with van der Waals surface area (Å²) in [7, 11) is 1.66. The van der Waals surface area contributed by atoms with E-state index in [1.54, 1.807) is 13.2 Å². The van der Waals surface area contributed by atoms with Gasteiger partial charge in [0.2, 0.25) is 0 Å². The molecule has 0 amide bonds. The van der Waals surface area contributed by atoms with Gasteiger partial charge in [-0.05, 0) is 31.0 Å². The maximum absolute atomic E-state index is 12.7. The minimum absolute atomic E-state index is 0.205. The lowest BCUT2D eigenvalue weighted by Gasteiger charge is -2.33. The third kappa shape index (κ3) is 3.05. The maximum Gasteiger partial charge on any atom is 0.417 e. The van der Waals surface area contributed by atoms with Crippen molar-refractivity contribution in [1.29, 1.82) is 5.26 Å². The number of piperidine rings is 1. The van der Waals surface area contributed by atoms with Crippen molar-refractivity contribution in [2.45, 2.75) is 25.1 Å². The molecule has 1 aliphatic heterocycles. The van der Waals surface area contributed by atoms with Crippen LogP contribution in [-0.4, -0.2) is 26.3 Å². The largest absolute Gasteiger partial charge is 0.417 e. The van der Waals surface area contributed by atoms with Crippen LogP contribution >= 0.6 is 0 Å². The molecule has 0 saturated carbocycles. The highest BCUT2D eigenvalue weighted by atomic mass is 19.4. The lowest BCUT2D eigenvalue weighted by molar-refractivity contribution is -0.137. The quantitative estimate of drug-likeness (QED) is 0.836. The molecule has 0 atom stereocenters. The second-order valence-corrected chi connectivity index (χ2v) is 4.76. The number of ether oxygens (including phenoxy) is 1. The summed E-state index contributed by atoms with van der Waals surface area (Å²) < 4.78 is 43.4. The fourth-order valence-corrected chi connectivity index (χ4v) is 2.42. The smallest absolute Gasteiger partial charge is 0.381 e. The van der Waals surface area contributed by atoms with Gasteiger partial charge in [0.1, 0.15) is 0 Å². The summed E-state index contributed by atoms with van der Waals surface area (Å²) in [6.45, 7) is 1.43. The molecular formula is C14H15F3N2O. The van der Waals surface area contributed by atoms with Gasteiger partial charge in [-0.15, -0.1) is 0 Å². The van der Waals surface area contributed by atoms with Crippen molar-refractivity contribution < 1.29 is 17.9 Å². The fourth-order valence-electron chi connectivity index (χ4n) is 2.42. The van der Waals surface area contributed by atoms with Gasteiger partial charge in [0, 0.05) is 25.9 Å². The Morgan fingerprint density at radius 2 is 1.95 bits per heavy atom. The van der Waals surface area contributed by atoms with Crippen LogP contribution in [-0.2, 0) is 10.9 Å². The van der Waals surface area contributed by atoms with E-state index in [4.69, 9.17) is 10.00 Å². The molecule has 0 aliphatic carbocycles. The van der Waals surface area contributed by atoms with Crippen LogP contribution in [0.2, 0.25) is 0 Å². The van der Waals surface area contributed by atoms with E-state index in [0.29, 0.717) is 5.69 Å². The number of alkyl halides is 3. The predicted octanol–water partition coefficient (Wildman–Crippen LogP) is 3.19. The van der Waals surface area contributed by atoms with E-state index in [2.05, 4.69) is 0 Å². The van der Waals surface area contributed by atoms with Crippen molar-refractivity contribution in [1.82, 2.24) is 0 Å². The van der Waals surface area contributed by atoms with Crippen LogP contribution in [0.15, 0.2) is 18.2 Å². The molecule has 1 fully saturated rings. The molecule has 0 bridgehead atoms. The third-order valence-electron chi connectivity index (χ3n) is 3.57. The van der Waals surface area contributed by atoms with Crippen molar-refractivity contribution in [3.8, 4) is 6.07 Å². The Labute approximate surface area is 115 Å². The van der Waals surface area contributed by atoms with Crippen LogP contribution in [0.1, 0.15) is 24.0 Å². The predicted molar refractivity (Wildman–Crippen MR) is 68.4 cm³/mol. The van der Waals surface area contributed by atoms with Crippen molar-refractivity contribution in [3.05, 3.63) is 29.3 Å². The van der Waals surface area contributed by atoms with Crippen LogP contribution in [0.4, 0.5) is 18.9 Å². The van der Waals surface area contributed by atoms with Gasteiger partial charge in [-0.3, -0.25) is 0 Å². The van der Waals surface area contributed by atoms with Crippen LogP contribution < -0.4 is 4.90 Å². The van der Waals surface area contributed by atoms with Crippen LogP contribution in [0.3, 0.4) is 0 Å². The van der Waals surface area contributed by atoms with Crippen LogP contribution in [0.25, 0.3) is 0 Å². The number of benzene rings is 1. The molecule has 0 aromatic heterocycles. The Bertz CT molecular complexity index is 514.